The molecule has 0 bridgehead atoms. The van der Waals surface area contributed by atoms with Crippen LogP contribution in [0.3, 0.4) is 0 Å². The summed E-state index contributed by atoms with van der Waals surface area (Å²) in [6.45, 7) is 0.328. The van der Waals surface area contributed by atoms with E-state index in [1.54, 1.807) is 0 Å². The molecule has 1 unspecified atom stereocenters. The van der Waals surface area contributed by atoms with Gasteiger partial charge < -0.3 is 10.1 Å². The van der Waals surface area contributed by atoms with Crippen molar-refractivity contribution in [3.63, 3.8) is 0 Å². The van der Waals surface area contributed by atoms with Crippen LogP contribution in [0.4, 0.5) is 5.69 Å². The molecule has 1 rings (SSSR count). The molecule has 0 aliphatic carbocycles. The van der Waals surface area contributed by atoms with Crippen molar-refractivity contribution >= 4 is 39.1 Å². The number of benzene rings is 1. The molecule has 0 aromatic heterocycles. The van der Waals surface area contributed by atoms with E-state index in [4.69, 9.17) is 16.3 Å². The van der Waals surface area contributed by atoms with Gasteiger partial charge in [-0.3, -0.25) is 14.9 Å². The van der Waals surface area contributed by atoms with Gasteiger partial charge in [-0.2, -0.15) is 0 Å². The van der Waals surface area contributed by atoms with Gasteiger partial charge in [0.1, 0.15) is 0 Å². The number of nitrogens with zero attached hydrogens (tertiary/aromatic N) is 1. The van der Waals surface area contributed by atoms with Crippen molar-refractivity contribution in [3.05, 3.63) is 38.3 Å². The first-order valence-corrected chi connectivity index (χ1v) is 7.11. The first-order chi connectivity index (χ1) is 9.47. The predicted molar refractivity (Wildman–Crippen MR) is 79.3 cm³/mol. The maximum absolute atomic E-state index is 12.1. The molecule has 1 N–H and O–H groups in total. The maximum atomic E-state index is 12.1. The number of nitro benzene ring substituents is 1. The van der Waals surface area contributed by atoms with Crippen molar-refractivity contribution < 1.29 is 14.5 Å². The Labute approximate surface area is 129 Å². The minimum absolute atomic E-state index is 0.148. The highest BCUT2D eigenvalue weighted by Crippen LogP contribution is 2.21. The zero-order chi connectivity index (χ0) is 15.1. The molecule has 0 aliphatic rings. The number of amides is 1. The fourth-order valence-electron chi connectivity index (χ4n) is 1.61. The van der Waals surface area contributed by atoms with E-state index in [1.165, 1.54) is 25.3 Å². The number of methoxy groups -OCH3 is 1. The third kappa shape index (κ3) is 5.07. The van der Waals surface area contributed by atoms with Crippen molar-refractivity contribution in [2.75, 3.05) is 19.6 Å². The summed E-state index contributed by atoms with van der Waals surface area (Å²) in [5.41, 5.74) is 0.0620. The van der Waals surface area contributed by atoms with Crippen LogP contribution in [0.15, 0.2) is 22.7 Å². The molecule has 1 amide bonds. The molecule has 110 valence electrons. The van der Waals surface area contributed by atoms with Crippen LogP contribution in [0.2, 0.25) is 0 Å². The SMILES string of the molecule is COCC(CCCl)NC(=O)c1cc(Br)cc([N+](=O)[O-])c1. The van der Waals surface area contributed by atoms with Crippen LogP contribution in [0.25, 0.3) is 0 Å². The Morgan fingerprint density at radius 1 is 1.55 bits per heavy atom. The molecule has 1 aromatic carbocycles. The first-order valence-electron chi connectivity index (χ1n) is 5.78. The van der Waals surface area contributed by atoms with Crippen molar-refractivity contribution in [1.29, 1.82) is 0 Å². The van der Waals surface area contributed by atoms with E-state index < -0.39 is 10.8 Å². The summed E-state index contributed by atoms with van der Waals surface area (Å²) in [6, 6.07) is 3.85. The second kappa shape index (κ2) is 8.18. The third-order valence-electron chi connectivity index (χ3n) is 2.52. The van der Waals surface area contributed by atoms with E-state index in [-0.39, 0.29) is 17.3 Å². The minimum atomic E-state index is -0.549. The summed E-state index contributed by atoms with van der Waals surface area (Å²) in [7, 11) is 1.53. The van der Waals surface area contributed by atoms with Crippen molar-refractivity contribution in [1.82, 2.24) is 5.32 Å². The minimum Gasteiger partial charge on any atom is -0.383 e. The van der Waals surface area contributed by atoms with E-state index >= 15 is 0 Å². The number of nitro groups is 1. The summed E-state index contributed by atoms with van der Waals surface area (Å²) in [6.07, 6.45) is 0.553. The first kappa shape index (κ1) is 16.9. The molecule has 1 aromatic rings. The van der Waals surface area contributed by atoms with E-state index in [0.29, 0.717) is 23.4 Å². The van der Waals surface area contributed by atoms with E-state index in [9.17, 15) is 14.9 Å². The van der Waals surface area contributed by atoms with Crippen LogP contribution in [0.1, 0.15) is 16.8 Å². The van der Waals surface area contributed by atoms with E-state index in [0.717, 1.165) is 0 Å². The highest BCUT2D eigenvalue weighted by Gasteiger charge is 2.17. The maximum Gasteiger partial charge on any atom is 0.271 e. The van der Waals surface area contributed by atoms with Gasteiger partial charge in [0.25, 0.3) is 11.6 Å². The topological polar surface area (TPSA) is 81.5 Å². The number of halogens is 2. The molecule has 6 nitrogen and oxygen atoms in total. The van der Waals surface area contributed by atoms with Gasteiger partial charge in [-0.1, -0.05) is 15.9 Å². The lowest BCUT2D eigenvalue weighted by Gasteiger charge is -2.16. The van der Waals surface area contributed by atoms with Crippen LogP contribution in [0.5, 0.6) is 0 Å². The molecular formula is C12H14BrClN2O4. The molecule has 0 aliphatic heterocycles. The lowest BCUT2D eigenvalue weighted by molar-refractivity contribution is -0.385. The van der Waals surface area contributed by atoms with Crippen LogP contribution in [-0.4, -0.2) is 36.5 Å². The number of hydrogen-bond acceptors (Lipinski definition) is 4. The molecule has 0 radical (unpaired) electrons. The zero-order valence-corrected chi connectivity index (χ0v) is 13.1. The van der Waals surface area contributed by atoms with Crippen molar-refractivity contribution in [2.24, 2.45) is 0 Å². The molecule has 0 spiro atoms. The molecule has 0 heterocycles. The average Bonchev–Trinajstić information content (AvgIpc) is 2.38. The van der Waals surface area contributed by atoms with Gasteiger partial charge in [0, 0.05) is 35.2 Å². The summed E-state index contributed by atoms with van der Waals surface area (Å²) in [4.78, 5) is 22.3. The average molecular weight is 366 g/mol. The number of carbonyl (C=O) groups is 1. The number of alkyl halides is 1. The fourth-order valence-corrected chi connectivity index (χ4v) is 2.35. The molecule has 0 saturated carbocycles. The lowest BCUT2D eigenvalue weighted by Crippen LogP contribution is -2.38. The summed E-state index contributed by atoms with van der Waals surface area (Å²) >= 11 is 8.80. The van der Waals surface area contributed by atoms with Gasteiger partial charge in [-0.25, -0.2) is 0 Å². The van der Waals surface area contributed by atoms with Crippen molar-refractivity contribution in [2.45, 2.75) is 12.5 Å². The monoisotopic (exact) mass is 364 g/mol. The molecular weight excluding hydrogens is 351 g/mol. The Hall–Kier alpha value is -1.18. The van der Waals surface area contributed by atoms with E-state index in [1.807, 2.05) is 0 Å². The quantitative estimate of drug-likeness (QED) is 0.457. The molecule has 0 saturated heterocycles. The van der Waals surface area contributed by atoms with Gasteiger partial charge in [0.2, 0.25) is 0 Å². The lowest BCUT2D eigenvalue weighted by atomic mass is 10.1. The Balaban J connectivity index is 2.88. The van der Waals surface area contributed by atoms with Gasteiger partial charge in [-0.05, 0) is 12.5 Å². The molecule has 1 atom stereocenters. The Morgan fingerprint density at radius 2 is 2.25 bits per heavy atom. The van der Waals surface area contributed by atoms with E-state index in [2.05, 4.69) is 21.2 Å². The largest absolute Gasteiger partial charge is 0.383 e. The van der Waals surface area contributed by atoms with Gasteiger partial charge in [0.05, 0.1) is 17.6 Å². The van der Waals surface area contributed by atoms with Gasteiger partial charge in [0.15, 0.2) is 0 Å². The highest BCUT2D eigenvalue weighted by molar-refractivity contribution is 9.10. The van der Waals surface area contributed by atoms with Crippen LogP contribution >= 0.6 is 27.5 Å². The highest BCUT2D eigenvalue weighted by atomic mass is 79.9. The normalized spacial score (nSPS) is 11.9. The fraction of sp³-hybridized carbons (Fsp3) is 0.417. The second-order valence-corrected chi connectivity index (χ2v) is 5.35. The Kier molecular flexibility index (Phi) is 6.90. The van der Waals surface area contributed by atoms with Crippen molar-refractivity contribution in [3.8, 4) is 0 Å². The number of non-ortho nitro benzene ring substituents is 1. The van der Waals surface area contributed by atoms with Crippen LogP contribution in [0, 0.1) is 10.1 Å². The summed E-state index contributed by atoms with van der Waals surface area (Å²) < 4.78 is 5.46. The summed E-state index contributed by atoms with van der Waals surface area (Å²) in [5.74, 6) is -0.0194. The summed E-state index contributed by atoms with van der Waals surface area (Å²) in [5, 5.41) is 13.5. The predicted octanol–water partition coefficient (Wildman–Crippen LogP) is 2.73. The third-order valence-corrected chi connectivity index (χ3v) is 3.19. The number of carbonyl (C=O) groups excluding carboxylic acids is 1. The molecule has 20 heavy (non-hydrogen) atoms. The number of ether oxygens (including phenoxy) is 1. The van der Waals surface area contributed by atoms with Crippen LogP contribution in [-0.2, 0) is 4.74 Å². The molecule has 8 heteroatoms. The van der Waals surface area contributed by atoms with Gasteiger partial charge >= 0.3 is 0 Å². The second-order valence-electron chi connectivity index (χ2n) is 4.06. The van der Waals surface area contributed by atoms with Crippen LogP contribution < -0.4 is 5.32 Å². The number of hydrogen-bond donors (Lipinski definition) is 1. The Bertz CT molecular complexity index is 492. The molecule has 0 fully saturated rings. The zero-order valence-electron chi connectivity index (χ0n) is 10.8. The Morgan fingerprint density at radius 3 is 2.80 bits per heavy atom. The standard InChI is InChI=1S/C12H14BrClN2O4/c1-20-7-10(2-3-14)15-12(17)8-4-9(13)6-11(5-8)16(18)19/h4-6,10H,2-3,7H2,1H3,(H,15,17). The van der Waals surface area contributed by atoms with Gasteiger partial charge in [-0.15, -0.1) is 11.6 Å². The number of nitrogens with one attached hydrogen (secondary N) is 1. The number of rotatable bonds is 7. The smallest absolute Gasteiger partial charge is 0.271 e.